The maximum Gasteiger partial charge on any atom is 0.283 e. The third kappa shape index (κ3) is 1.58. The Labute approximate surface area is 92.0 Å². The summed E-state index contributed by atoms with van der Waals surface area (Å²) >= 11 is 1.77. The van der Waals surface area contributed by atoms with Crippen LogP contribution in [0.2, 0.25) is 0 Å². The van der Waals surface area contributed by atoms with Gasteiger partial charge in [-0.1, -0.05) is 0 Å². The molecule has 0 saturated heterocycles. The van der Waals surface area contributed by atoms with Gasteiger partial charge in [0.2, 0.25) is 5.88 Å². The predicted molar refractivity (Wildman–Crippen MR) is 51.4 cm³/mol. The number of aliphatic hydroxyl groups excluding tert-OH is 1. The first kappa shape index (κ1) is 10.1. The van der Waals surface area contributed by atoms with Gasteiger partial charge in [0, 0.05) is 0 Å². The third-order valence-electron chi connectivity index (χ3n) is 1.88. The molecule has 0 amide bonds. The topological polar surface area (TPSA) is 47.3 Å². The lowest BCUT2D eigenvalue weighted by Crippen LogP contribution is -2.30. The van der Waals surface area contributed by atoms with Crippen molar-refractivity contribution >= 4 is 22.6 Å². The zero-order chi connectivity index (χ0) is 10.3. The van der Waals surface area contributed by atoms with Crippen molar-refractivity contribution < 1.29 is 18.6 Å². The summed E-state index contributed by atoms with van der Waals surface area (Å²) in [5, 5.41) is 12.9. The normalized spacial score (nSPS) is 20.8. The van der Waals surface area contributed by atoms with E-state index in [1.54, 1.807) is 22.6 Å². The molecule has 0 bridgehead atoms. The Morgan fingerprint density at radius 2 is 2.36 bits per heavy atom. The van der Waals surface area contributed by atoms with E-state index in [0.717, 1.165) is 0 Å². The van der Waals surface area contributed by atoms with Crippen LogP contribution in [0, 0.1) is 3.57 Å². The quantitative estimate of drug-likeness (QED) is 0.792. The number of aliphatic hydroxyl groups is 1. The molecule has 1 aromatic heterocycles. The minimum absolute atomic E-state index is 0.129. The van der Waals surface area contributed by atoms with Crippen LogP contribution < -0.4 is 4.74 Å². The summed E-state index contributed by atoms with van der Waals surface area (Å²) < 4.78 is 31.5. The fraction of sp³-hybridized carbons (Fsp3) is 0.571. The minimum atomic E-state index is -2.61. The van der Waals surface area contributed by atoms with E-state index in [1.807, 2.05) is 0 Å². The first-order valence-electron chi connectivity index (χ1n) is 3.95. The summed E-state index contributed by atoms with van der Waals surface area (Å²) in [6, 6.07) is 0. The molecule has 1 aromatic rings. The number of alkyl halides is 2. The van der Waals surface area contributed by atoms with E-state index in [-0.39, 0.29) is 18.8 Å². The highest BCUT2D eigenvalue weighted by Gasteiger charge is 2.27. The van der Waals surface area contributed by atoms with E-state index in [9.17, 15) is 13.9 Å². The third-order valence-corrected chi connectivity index (χ3v) is 2.89. The van der Waals surface area contributed by atoms with Gasteiger partial charge in [0.15, 0.2) is 0 Å². The molecule has 0 fully saturated rings. The number of rotatable bonds is 1. The van der Waals surface area contributed by atoms with Crippen LogP contribution in [0.15, 0.2) is 0 Å². The van der Waals surface area contributed by atoms with Gasteiger partial charge in [0.25, 0.3) is 6.43 Å². The zero-order valence-electron chi connectivity index (χ0n) is 6.95. The van der Waals surface area contributed by atoms with Crippen molar-refractivity contribution in [1.29, 1.82) is 0 Å². The van der Waals surface area contributed by atoms with Crippen LogP contribution in [0.4, 0.5) is 8.78 Å². The highest BCUT2D eigenvalue weighted by Crippen LogP contribution is 2.32. The summed E-state index contributed by atoms with van der Waals surface area (Å²) in [6.45, 7) is 0.336. The number of aromatic nitrogens is 2. The zero-order valence-corrected chi connectivity index (χ0v) is 9.11. The van der Waals surface area contributed by atoms with Gasteiger partial charge in [-0.2, -0.15) is 5.10 Å². The molecule has 0 aliphatic carbocycles. The molecule has 7 heteroatoms. The van der Waals surface area contributed by atoms with E-state index in [1.165, 1.54) is 4.68 Å². The van der Waals surface area contributed by atoms with Crippen molar-refractivity contribution in [1.82, 2.24) is 9.78 Å². The molecule has 0 spiro atoms. The molecule has 1 aliphatic heterocycles. The van der Waals surface area contributed by atoms with Crippen LogP contribution >= 0.6 is 22.6 Å². The molecular formula is C7H7F2IN2O2. The lowest BCUT2D eigenvalue weighted by molar-refractivity contribution is 0.0548. The monoisotopic (exact) mass is 316 g/mol. The lowest BCUT2D eigenvalue weighted by Gasteiger charge is -2.19. The number of halogens is 3. The highest BCUT2D eigenvalue weighted by atomic mass is 127. The molecule has 0 saturated carbocycles. The average Bonchev–Trinajstić information content (AvgIpc) is 2.43. The molecule has 78 valence electrons. The fourth-order valence-electron chi connectivity index (χ4n) is 1.27. The number of fused-ring (bicyclic) bond motifs is 1. The van der Waals surface area contributed by atoms with Crippen LogP contribution in [0.3, 0.4) is 0 Å². The number of hydrogen-bond acceptors (Lipinski definition) is 3. The number of ether oxygens (including phenoxy) is 1. The van der Waals surface area contributed by atoms with Gasteiger partial charge in [-0.15, -0.1) is 0 Å². The van der Waals surface area contributed by atoms with Crippen molar-refractivity contribution in [3.05, 3.63) is 9.26 Å². The van der Waals surface area contributed by atoms with E-state index >= 15 is 0 Å². The molecule has 1 atom stereocenters. The van der Waals surface area contributed by atoms with Gasteiger partial charge in [0.05, 0.1) is 6.54 Å². The van der Waals surface area contributed by atoms with Gasteiger partial charge in [-0.25, -0.2) is 13.5 Å². The van der Waals surface area contributed by atoms with Gasteiger partial charge >= 0.3 is 0 Å². The fourth-order valence-corrected chi connectivity index (χ4v) is 2.05. The molecular weight excluding hydrogens is 309 g/mol. The summed E-state index contributed by atoms with van der Waals surface area (Å²) in [5.41, 5.74) is -0.283. The van der Waals surface area contributed by atoms with Crippen LogP contribution in [0.1, 0.15) is 12.1 Å². The second kappa shape index (κ2) is 3.61. The second-order valence-corrected chi connectivity index (χ2v) is 4.03. The summed E-state index contributed by atoms with van der Waals surface area (Å²) in [4.78, 5) is 0. The van der Waals surface area contributed by atoms with Gasteiger partial charge < -0.3 is 9.84 Å². The van der Waals surface area contributed by atoms with Gasteiger partial charge in [0.1, 0.15) is 22.0 Å². The lowest BCUT2D eigenvalue weighted by atomic mass is 10.3. The molecule has 1 aliphatic rings. The summed E-state index contributed by atoms with van der Waals surface area (Å²) in [7, 11) is 0. The van der Waals surface area contributed by atoms with E-state index in [4.69, 9.17) is 4.74 Å². The van der Waals surface area contributed by atoms with E-state index < -0.39 is 12.5 Å². The van der Waals surface area contributed by atoms with Crippen LogP contribution in [-0.4, -0.2) is 27.6 Å². The minimum Gasteiger partial charge on any atom is -0.474 e. The molecule has 2 rings (SSSR count). The molecule has 1 unspecified atom stereocenters. The average molecular weight is 316 g/mol. The van der Waals surface area contributed by atoms with Crippen LogP contribution in [0.5, 0.6) is 5.88 Å². The largest absolute Gasteiger partial charge is 0.474 e. The van der Waals surface area contributed by atoms with E-state index in [0.29, 0.717) is 9.45 Å². The Bertz CT molecular complexity index is 356. The van der Waals surface area contributed by atoms with Crippen LogP contribution in [-0.2, 0) is 6.54 Å². The molecule has 0 radical (unpaired) electrons. The Kier molecular flexibility index (Phi) is 2.60. The smallest absolute Gasteiger partial charge is 0.283 e. The molecule has 2 heterocycles. The first-order chi connectivity index (χ1) is 6.59. The Balaban J connectivity index is 2.40. The van der Waals surface area contributed by atoms with Gasteiger partial charge in [-0.3, -0.25) is 0 Å². The van der Waals surface area contributed by atoms with Crippen molar-refractivity contribution in [3.63, 3.8) is 0 Å². The number of hydrogen-bond donors (Lipinski definition) is 1. The van der Waals surface area contributed by atoms with Crippen molar-refractivity contribution in [3.8, 4) is 5.88 Å². The summed E-state index contributed by atoms with van der Waals surface area (Å²) in [6.07, 6.45) is -3.29. The van der Waals surface area contributed by atoms with Crippen molar-refractivity contribution in [2.45, 2.75) is 19.1 Å². The maximum atomic E-state index is 12.4. The van der Waals surface area contributed by atoms with Crippen LogP contribution in [0.25, 0.3) is 0 Å². The Morgan fingerprint density at radius 1 is 1.64 bits per heavy atom. The maximum absolute atomic E-state index is 12.4. The molecule has 14 heavy (non-hydrogen) atoms. The predicted octanol–water partition coefficient (Wildman–Crippen LogP) is 1.18. The van der Waals surface area contributed by atoms with Crippen molar-refractivity contribution in [2.75, 3.05) is 6.61 Å². The van der Waals surface area contributed by atoms with Gasteiger partial charge in [-0.05, 0) is 22.6 Å². The Hall–Kier alpha value is -0.440. The summed E-state index contributed by atoms with van der Waals surface area (Å²) in [5.74, 6) is 0.325. The Morgan fingerprint density at radius 3 is 3.00 bits per heavy atom. The SMILES string of the molecule is OC1COc2c(I)c(C(F)F)nn2C1. The highest BCUT2D eigenvalue weighted by molar-refractivity contribution is 14.1. The number of nitrogens with zero attached hydrogens (tertiary/aromatic N) is 2. The van der Waals surface area contributed by atoms with Crippen molar-refractivity contribution in [2.24, 2.45) is 0 Å². The second-order valence-electron chi connectivity index (χ2n) is 2.95. The standard InChI is InChI=1S/C7H7F2IN2O2/c8-6(9)5-4(10)7-12(11-5)1-3(13)2-14-7/h3,6,13H,1-2H2. The van der Waals surface area contributed by atoms with E-state index in [2.05, 4.69) is 5.10 Å². The molecule has 1 N–H and O–H groups in total. The first-order valence-corrected chi connectivity index (χ1v) is 5.02. The molecule has 0 aromatic carbocycles. The molecule has 4 nitrogen and oxygen atoms in total.